The Morgan fingerprint density at radius 2 is 1.65 bits per heavy atom. The lowest BCUT2D eigenvalue weighted by molar-refractivity contribution is -0.121. The van der Waals surface area contributed by atoms with Crippen LogP contribution in [0.4, 0.5) is 0 Å². The molecule has 1 amide bonds. The van der Waals surface area contributed by atoms with E-state index < -0.39 is 0 Å². The number of hydrogen-bond acceptors (Lipinski definition) is 2. The zero-order valence-corrected chi connectivity index (χ0v) is 20.3. The second-order valence-corrected chi connectivity index (χ2v) is 9.17. The largest absolute Gasteiger partial charge is 0.494 e. The Balaban J connectivity index is 1.74. The summed E-state index contributed by atoms with van der Waals surface area (Å²) in [6, 6.07) is 27.2. The molecule has 0 aliphatic heterocycles. The van der Waals surface area contributed by atoms with Gasteiger partial charge in [0, 0.05) is 42.5 Å². The molecule has 1 N–H and O–H groups in total. The van der Waals surface area contributed by atoms with Gasteiger partial charge in [0.15, 0.2) is 0 Å². The number of carbonyl (C=O) groups is 1. The lowest BCUT2D eigenvalue weighted by Gasteiger charge is -2.18. The maximum absolute atomic E-state index is 13.0. The van der Waals surface area contributed by atoms with Crippen LogP contribution < -0.4 is 10.1 Å². The molecule has 0 aliphatic carbocycles. The van der Waals surface area contributed by atoms with Crippen molar-refractivity contribution in [3.05, 3.63) is 102 Å². The van der Waals surface area contributed by atoms with E-state index in [1.807, 2.05) is 25.1 Å². The van der Waals surface area contributed by atoms with Crippen LogP contribution in [0.2, 0.25) is 0 Å². The molecule has 4 heteroatoms. The van der Waals surface area contributed by atoms with Crippen molar-refractivity contribution < 1.29 is 9.53 Å². The predicted octanol–water partition coefficient (Wildman–Crippen LogP) is 6.38. The Kier molecular flexibility index (Phi) is 7.69. The Morgan fingerprint density at radius 1 is 0.941 bits per heavy atom. The van der Waals surface area contributed by atoms with Crippen LogP contribution in [-0.2, 0) is 11.3 Å². The second-order valence-electron chi connectivity index (χ2n) is 9.17. The quantitative estimate of drug-likeness (QED) is 0.302. The Bertz CT molecular complexity index is 1210. The van der Waals surface area contributed by atoms with Gasteiger partial charge in [0.1, 0.15) is 5.75 Å². The average molecular weight is 455 g/mol. The smallest absolute Gasteiger partial charge is 0.220 e. The Labute approximate surface area is 202 Å². The van der Waals surface area contributed by atoms with Gasteiger partial charge in [0.25, 0.3) is 0 Å². The molecule has 0 saturated heterocycles. The SMILES string of the molecule is CCOc1ccc([C@H](CC(=O)NCC(C)C)c2cn(Cc3ccccc3)c3ccccc23)cc1. The molecule has 0 aliphatic rings. The highest BCUT2D eigenvalue weighted by Gasteiger charge is 2.23. The lowest BCUT2D eigenvalue weighted by Crippen LogP contribution is -2.28. The van der Waals surface area contributed by atoms with Crippen LogP contribution in [0, 0.1) is 5.92 Å². The van der Waals surface area contributed by atoms with E-state index in [1.54, 1.807) is 0 Å². The number of hydrogen-bond donors (Lipinski definition) is 1. The number of carbonyl (C=O) groups excluding carboxylic acids is 1. The third kappa shape index (κ3) is 5.69. The standard InChI is InChI=1S/C30H34N2O2/c1-4-34-25-16-14-24(15-17-25)27(18-30(33)31-19-22(2)3)28-21-32(20-23-10-6-5-7-11-23)29-13-9-8-12-26(28)29/h5-17,21-22,27H,4,18-20H2,1-3H3,(H,31,33)/t27-/m0/s1. The Hall–Kier alpha value is -3.53. The van der Waals surface area contributed by atoms with Crippen LogP contribution in [0.5, 0.6) is 5.75 Å². The van der Waals surface area contributed by atoms with Crippen LogP contribution in [0.1, 0.15) is 49.8 Å². The Morgan fingerprint density at radius 3 is 2.35 bits per heavy atom. The monoisotopic (exact) mass is 454 g/mol. The summed E-state index contributed by atoms with van der Waals surface area (Å²) in [6.07, 6.45) is 2.63. The zero-order valence-electron chi connectivity index (χ0n) is 20.3. The summed E-state index contributed by atoms with van der Waals surface area (Å²) in [4.78, 5) is 13.0. The molecule has 1 atom stereocenters. The van der Waals surface area contributed by atoms with Crippen LogP contribution >= 0.6 is 0 Å². The first kappa shape index (κ1) is 23.6. The molecule has 176 valence electrons. The van der Waals surface area contributed by atoms with Gasteiger partial charge in [-0.2, -0.15) is 0 Å². The normalized spacial score (nSPS) is 12.1. The highest BCUT2D eigenvalue weighted by atomic mass is 16.5. The van der Waals surface area contributed by atoms with Gasteiger partial charge in [-0.05, 0) is 47.7 Å². The minimum atomic E-state index is -0.0511. The molecule has 4 rings (SSSR count). The molecule has 34 heavy (non-hydrogen) atoms. The highest BCUT2D eigenvalue weighted by molar-refractivity contribution is 5.86. The number of nitrogens with one attached hydrogen (secondary N) is 1. The molecule has 0 radical (unpaired) electrons. The highest BCUT2D eigenvalue weighted by Crippen LogP contribution is 2.35. The number of amides is 1. The van der Waals surface area contributed by atoms with Gasteiger partial charge in [-0.3, -0.25) is 4.79 Å². The molecule has 0 bridgehead atoms. The van der Waals surface area contributed by atoms with Crippen molar-refractivity contribution in [3.63, 3.8) is 0 Å². The van der Waals surface area contributed by atoms with Crippen molar-refractivity contribution in [2.45, 2.75) is 39.7 Å². The molecular weight excluding hydrogens is 420 g/mol. The number of fused-ring (bicyclic) bond motifs is 1. The first-order chi connectivity index (χ1) is 16.5. The van der Waals surface area contributed by atoms with Gasteiger partial charge >= 0.3 is 0 Å². The minimum absolute atomic E-state index is 0.0511. The van der Waals surface area contributed by atoms with E-state index in [1.165, 1.54) is 22.0 Å². The van der Waals surface area contributed by atoms with E-state index in [0.29, 0.717) is 25.5 Å². The second kappa shape index (κ2) is 11.1. The van der Waals surface area contributed by atoms with Crippen molar-refractivity contribution in [1.29, 1.82) is 0 Å². The van der Waals surface area contributed by atoms with Crippen LogP contribution in [0.25, 0.3) is 10.9 Å². The number of ether oxygens (including phenoxy) is 1. The molecule has 1 aromatic heterocycles. The number of rotatable bonds is 10. The summed E-state index contributed by atoms with van der Waals surface area (Å²) in [5.74, 6) is 1.29. The molecule has 1 heterocycles. The molecule has 4 aromatic rings. The fraction of sp³-hybridized carbons (Fsp3) is 0.300. The molecule has 4 nitrogen and oxygen atoms in total. The summed E-state index contributed by atoms with van der Waals surface area (Å²) < 4.78 is 7.95. The summed E-state index contributed by atoms with van der Waals surface area (Å²) in [7, 11) is 0. The van der Waals surface area contributed by atoms with E-state index in [-0.39, 0.29) is 11.8 Å². The molecule has 0 saturated carbocycles. The summed E-state index contributed by atoms with van der Waals surface area (Å²) in [6.45, 7) is 8.31. The zero-order chi connectivity index (χ0) is 23.9. The van der Waals surface area contributed by atoms with E-state index in [2.05, 4.69) is 90.6 Å². The third-order valence-electron chi connectivity index (χ3n) is 6.08. The number of aromatic nitrogens is 1. The third-order valence-corrected chi connectivity index (χ3v) is 6.08. The fourth-order valence-corrected chi connectivity index (χ4v) is 4.41. The molecule has 0 unspecified atom stereocenters. The van der Waals surface area contributed by atoms with Gasteiger partial charge in [-0.25, -0.2) is 0 Å². The number of para-hydroxylation sites is 1. The molecule has 0 fully saturated rings. The topological polar surface area (TPSA) is 43.3 Å². The van der Waals surface area contributed by atoms with Crippen LogP contribution in [-0.4, -0.2) is 23.6 Å². The first-order valence-electron chi connectivity index (χ1n) is 12.2. The van der Waals surface area contributed by atoms with Crippen molar-refractivity contribution >= 4 is 16.8 Å². The van der Waals surface area contributed by atoms with Crippen LogP contribution in [0.3, 0.4) is 0 Å². The summed E-state index contributed by atoms with van der Waals surface area (Å²) in [5, 5.41) is 4.30. The van der Waals surface area contributed by atoms with Gasteiger partial charge in [0.2, 0.25) is 5.91 Å². The van der Waals surface area contributed by atoms with E-state index >= 15 is 0 Å². The first-order valence-corrected chi connectivity index (χ1v) is 12.2. The summed E-state index contributed by atoms with van der Waals surface area (Å²) in [5.41, 5.74) is 4.73. The van der Waals surface area contributed by atoms with Gasteiger partial charge < -0.3 is 14.6 Å². The van der Waals surface area contributed by atoms with Crippen molar-refractivity contribution in [3.8, 4) is 5.75 Å². The summed E-state index contributed by atoms with van der Waals surface area (Å²) >= 11 is 0. The van der Waals surface area contributed by atoms with Gasteiger partial charge in [0.05, 0.1) is 6.61 Å². The van der Waals surface area contributed by atoms with Crippen molar-refractivity contribution in [2.24, 2.45) is 5.92 Å². The fourth-order valence-electron chi connectivity index (χ4n) is 4.41. The maximum Gasteiger partial charge on any atom is 0.220 e. The number of benzene rings is 3. The van der Waals surface area contributed by atoms with E-state index in [0.717, 1.165) is 17.9 Å². The molecular formula is C30H34N2O2. The van der Waals surface area contributed by atoms with Crippen LogP contribution in [0.15, 0.2) is 85.1 Å². The molecule has 0 spiro atoms. The lowest BCUT2D eigenvalue weighted by atomic mass is 9.88. The molecule has 3 aromatic carbocycles. The van der Waals surface area contributed by atoms with Crippen molar-refractivity contribution in [2.75, 3.05) is 13.2 Å². The predicted molar refractivity (Wildman–Crippen MR) is 139 cm³/mol. The van der Waals surface area contributed by atoms with Crippen molar-refractivity contribution in [1.82, 2.24) is 9.88 Å². The van der Waals surface area contributed by atoms with E-state index in [4.69, 9.17) is 4.74 Å². The van der Waals surface area contributed by atoms with Gasteiger partial charge in [-0.15, -0.1) is 0 Å². The minimum Gasteiger partial charge on any atom is -0.494 e. The van der Waals surface area contributed by atoms with Gasteiger partial charge in [-0.1, -0.05) is 74.5 Å². The van der Waals surface area contributed by atoms with E-state index in [9.17, 15) is 4.79 Å². The maximum atomic E-state index is 13.0. The number of nitrogens with zero attached hydrogens (tertiary/aromatic N) is 1. The average Bonchev–Trinajstić information content (AvgIpc) is 3.21.